The van der Waals surface area contributed by atoms with Crippen molar-refractivity contribution in [2.75, 3.05) is 0 Å². The Labute approximate surface area is 113 Å². The Morgan fingerprint density at radius 2 is 1.21 bits per heavy atom. The second-order valence-corrected chi connectivity index (χ2v) is 4.38. The molecule has 2 aromatic carbocycles. The van der Waals surface area contributed by atoms with E-state index in [0.29, 0.717) is 0 Å². The third-order valence-corrected chi connectivity index (χ3v) is 3.29. The average molecular weight is 252 g/mol. The van der Waals surface area contributed by atoms with Gasteiger partial charge in [0, 0.05) is 0 Å². The first-order chi connectivity index (χ1) is 9.12. The molecule has 0 atom stereocenters. The number of hydrogen-bond donors (Lipinski definition) is 2. The van der Waals surface area contributed by atoms with Gasteiger partial charge in [-0.15, -0.1) is 13.2 Å². The number of phenols is 2. The molecule has 0 aliphatic carbocycles. The van der Waals surface area contributed by atoms with Crippen molar-refractivity contribution in [2.24, 2.45) is 0 Å². The van der Waals surface area contributed by atoms with E-state index in [-0.39, 0.29) is 11.5 Å². The van der Waals surface area contributed by atoms with E-state index in [1.807, 2.05) is 12.1 Å². The molecule has 0 aliphatic heterocycles. The molecule has 0 heterocycles. The van der Waals surface area contributed by atoms with E-state index >= 15 is 0 Å². The molecule has 2 nitrogen and oxygen atoms in total. The summed E-state index contributed by atoms with van der Waals surface area (Å²) < 4.78 is 0. The molecule has 2 heteroatoms. The Morgan fingerprint density at radius 3 is 1.53 bits per heavy atom. The summed E-state index contributed by atoms with van der Waals surface area (Å²) in [7, 11) is 0. The Balaban J connectivity index is 2.67. The molecule has 2 rings (SSSR count). The predicted octanol–water partition coefficient (Wildman–Crippen LogP) is 3.76. The highest BCUT2D eigenvalue weighted by Gasteiger charge is 2.28. The van der Waals surface area contributed by atoms with Crippen LogP contribution in [0.25, 0.3) is 0 Å². The van der Waals surface area contributed by atoms with Crippen LogP contribution >= 0.6 is 0 Å². The van der Waals surface area contributed by atoms with Gasteiger partial charge < -0.3 is 10.2 Å². The molecule has 0 aromatic heterocycles. The van der Waals surface area contributed by atoms with Crippen molar-refractivity contribution < 1.29 is 10.2 Å². The summed E-state index contributed by atoms with van der Waals surface area (Å²) in [6.45, 7) is 7.76. The topological polar surface area (TPSA) is 40.5 Å². The molecule has 0 fully saturated rings. The molecule has 0 aliphatic rings. The number of allylic oxidation sites excluding steroid dienone is 2. The van der Waals surface area contributed by atoms with Crippen molar-refractivity contribution in [1.82, 2.24) is 0 Å². The molecular formula is C17H16O2. The maximum Gasteiger partial charge on any atom is 0.115 e. The Hall–Kier alpha value is -2.48. The van der Waals surface area contributed by atoms with Crippen LogP contribution in [-0.2, 0) is 5.41 Å². The van der Waals surface area contributed by atoms with Crippen LogP contribution in [0.3, 0.4) is 0 Å². The van der Waals surface area contributed by atoms with E-state index in [9.17, 15) is 10.2 Å². The van der Waals surface area contributed by atoms with Crippen molar-refractivity contribution in [3.05, 3.63) is 85.0 Å². The van der Waals surface area contributed by atoms with Gasteiger partial charge in [0.05, 0.1) is 5.41 Å². The molecule has 2 aromatic rings. The zero-order valence-corrected chi connectivity index (χ0v) is 10.6. The second-order valence-electron chi connectivity index (χ2n) is 4.38. The smallest absolute Gasteiger partial charge is 0.115 e. The van der Waals surface area contributed by atoms with Crippen LogP contribution in [-0.4, -0.2) is 10.2 Å². The Morgan fingerprint density at radius 1 is 0.789 bits per heavy atom. The van der Waals surface area contributed by atoms with Crippen LogP contribution in [0.15, 0.2) is 73.8 Å². The highest BCUT2D eigenvalue weighted by atomic mass is 16.3. The number of rotatable bonds is 4. The summed E-state index contributed by atoms with van der Waals surface area (Å²) in [4.78, 5) is 0. The number of phenolic OH excluding ortho intramolecular Hbond substituents is 2. The minimum atomic E-state index is -0.641. The van der Waals surface area contributed by atoms with Gasteiger partial charge in [0.2, 0.25) is 0 Å². The first-order valence-corrected chi connectivity index (χ1v) is 5.98. The van der Waals surface area contributed by atoms with Gasteiger partial charge in [-0.2, -0.15) is 0 Å². The highest BCUT2D eigenvalue weighted by Crippen LogP contribution is 2.37. The van der Waals surface area contributed by atoms with Crippen molar-refractivity contribution in [3.63, 3.8) is 0 Å². The van der Waals surface area contributed by atoms with E-state index in [1.54, 1.807) is 48.6 Å². The van der Waals surface area contributed by atoms with Gasteiger partial charge in [0.1, 0.15) is 11.5 Å². The molecule has 0 radical (unpaired) electrons. The maximum absolute atomic E-state index is 9.65. The molecule has 96 valence electrons. The summed E-state index contributed by atoms with van der Waals surface area (Å²) in [5.41, 5.74) is 1.06. The molecule has 0 amide bonds. The monoisotopic (exact) mass is 252 g/mol. The normalized spacial score (nSPS) is 10.9. The van der Waals surface area contributed by atoms with E-state index in [2.05, 4.69) is 13.2 Å². The number of aromatic hydroxyl groups is 2. The molecule has 19 heavy (non-hydrogen) atoms. The van der Waals surface area contributed by atoms with Crippen molar-refractivity contribution in [1.29, 1.82) is 0 Å². The summed E-state index contributed by atoms with van der Waals surface area (Å²) in [6, 6.07) is 13.9. The number of hydrogen-bond acceptors (Lipinski definition) is 2. The van der Waals surface area contributed by atoms with E-state index in [1.165, 1.54) is 0 Å². The second kappa shape index (κ2) is 5.02. The lowest BCUT2D eigenvalue weighted by atomic mass is 9.74. The van der Waals surface area contributed by atoms with Crippen molar-refractivity contribution in [3.8, 4) is 11.5 Å². The molecule has 0 saturated carbocycles. The van der Waals surface area contributed by atoms with E-state index in [4.69, 9.17) is 0 Å². The molecular weight excluding hydrogens is 236 g/mol. The van der Waals surface area contributed by atoms with Crippen LogP contribution in [0.1, 0.15) is 11.1 Å². The predicted molar refractivity (Wildman–Crippen MR) is 77.4 cm³/mol. The van der Waals surface area contributed by atoms with Crippen LogP contribution in [0, 0.1) is 0 Å². The summed E-state index contributed by atoms with van der Waals surface area (Å²) in [6.07, 6.45) is 3.51. The van der Waals surface area contributed by atoms with Gasteiger partial charge in [0.15, 0.2) is 0 Å². The van der Waals surface area contributed by atoms with Gasteiger partial charge in [0.25, 0.3) is 0 Å². The van der Waals surface area contributed by atoms with Crippen LogP contribution in [0.2, 0.25) is 0 Å². The third kappa shape index (κ3) is 2.25. The lowest BCUT2D eigenvalue weighted by Crippen LogP contribution is -2.21. The van der Waals surface area contributed by atoms with Gasteiger partial charge in [-0.05, 0) is 35.4 Å². The van der Waals surface area contributed by atoms with Crippen molar-refractivity contribution in [2.45, 2.75) is 5.41 Å². The molecule has 0 saturated heterocycles. The fraction of sp³-hybridized carbons (Fsp3) is 0.0588. The summed E-state index contributed by atoms with van der Waals surface area (Å²) in [5, 5.41) is 19.3. The molecule has 0 bridgehead atoms. The van der Waals surface area contributed by atoms with Gasteiger partial charge in [-0.3, -0.25) is 0 Å². The van der Waals surface area contributed by atoms with Crippen LogP contribution in [0.4, 0.5) is 0 Å². The molecule has 0 spiro atoms. The number of benzene rings is 2. The van der Waals surface area contributed by atoms with Crippen LogP contribution in [0.5, 0.6) is 11.5 Å². The zero-order valence-electron chi connectivity index (χ0n) is 10.6. The average Bonchev–Trinajstić information content (AvgIpc) is 2.41. The maximum atomic E-state index is 9.65. The largest absolute Gasteiger partial charge is 0.508 e. The minimum absolute atomic E-state index is 0.186. The SMILES string of the molecule is C=CC(C=C)(c1cccc(O)c1)c1cccc(O)c1. The zero-order chi connectivity index (χ0) is 13.9. The quantitative estimate of drug-likeness (QED) is 0.813. The van der Waals surface area contributed by atoms with Gasteiger partial charge >= 0.3 is 0 Å². The first kappa shape index (κ1) is 13.0. The highest BCUT2D eigenvalue weighted by molar-refractivity contribution is 5.51. The summed E-state index contributed by atoms with van der Waals surface area (Å²) in [5.74, 6) is 0.372. The Bertz CT molecular complexity index is 559. The standard InChI is InChI=1S/C17H16O2/c1-3-17(4-2,13-7-5-9-15(18)11-13)14-8-6-10-16(19)12-14/h3-12,18-19H,1-2H2. The van der Waals surface area contributed by atoms with Crippen LogP contribution < -0.4 is 0 Å². The summed E-state index contributed by atoms with van der Waals surface area (Å²) >= 11 is 0. The first-order valence-electron chi connectivity index (χ1n) is 5.98. The van der Waals surface area contributed by atoms with E-state index < -0.39 is 5.41 Å². The van der Waals surface area contributed by atoms with Crippen molar-refractivity contribution >= 4 is 0 Å². The van der Waals surface area contributed by atoms with Gasteiger partial charge in [-0.25, -0.2) is 0 Å². The molecule has 2 N–H and O–H groups in total. The third-order valence-electron chi connectivity index (χ3n) is 3.29. The lowest BCUT2D eigenvalue weighted by Gasteiger charge is -2.28. The Kier molecular flexibility index (Phi) is 3.43. The van der Waals surface area contributed by atoms with E-state index in [0.717, 1.165) is 11.1 Å². The fourth-order valence-corrected chi connectivity index (χ4v) is 2.25. The minimum Gasteiger partial charge on any atom is -0.508 e. The molecule has 0 unspecified atom stereocenters. The fourth-order valence-electron chi connectivity index (χ4n) is 2.25. The lowest BCUT2D eigenvalue weighted by molar-refractivity contribution is 0.473. The van der Waals surface area contributed by atoms with Gasteiger partial charge in [-0.1, -0.05) is 36.4 Å².